The molecule has 1 aliphatic heterocycles. The molecule has 0 radical (unpaired) electrons. The molecule has 2 nitrogen and oxygen atoms in total. The number of likely N-dealkylation sites (tertiary alicyclic amines) is 1. The first-order valence-electron chi connectivity index (χ1n) is 6.67. The van der Waals surface area contributed by atoms with Crippen molar-refractivity contribution in [2.75, 3.05) is 19.0 Å². The van der Waals surface area contributed by atoms with Crippen LogP contribution in [0.2, 0.25) is 0 Å². The summed E-state index contributed by atoms with van der Waals surface area (Å²) < 4.78 is 0. The molecule has 1 heterocycles. The molecule has 0 aliphatic carbocycles. The molecule has 0 N–H and O–H groups in total. The fourth-order valence-corrected chi connectivity index (χ4v) is 2.81. The van der Waals surface area contributed by atoms with Crippen molar-refractivity contribution in [2.24, 2.45) is 5.92 Å². The van der Waals surface area contributed by atoms with E-state index in [1.807, 2.05) is 23.1 Å². The highest BCUT2D eigenvalue weighted by Gasteiger charge is 2.25. The van der Waals surface area contributed by atoms with E-state index >= 15 is 0 Å². The van der Waals surface area contributed by atoms with Gasteiger partial charge in [0.05, 0.1) is 0 Å². The fourth-order valence-electron chi connectivity index (χ4n) is 2.50. The highest BCUT2D eigenvalue weighted by atomic mass is 35.5. The number of amides is 1. The second-order valence-corrected chi connectivity index (χ2v) is 5.34. The molecule has 1 aliphatic rings. The summed E-state index contributed by atoms with van der Waals surface area (Å²) in [5.41, 5.74) is 1.24. The van der Waals surface area contributed by atoms with E-state index in [0.29, 0.717) is 18.2 Å². The minimum absolute atomic E-state index is 0.288. The average molecular weight is 266 g/mol. The first-order valence-corrected chi connectivity index (χ1v) is 7.20. The third-order valence-electron chi connectivity index (χ3n) is 3.63. The third kappa shape index (κ3) is 3.74. The van der Waals surface area contributed by atoms with Gasteiger partial charge in [0.2, 0.25) is 5.91 Å². The molecule has 1 atom stereocenters. The normalized spacial score (nSPS) is 19.2. The second kappa shape index (κ2) is 6.79. The lowest BCUT2D eigenvalue weighted by Gasteiger charge is -2.16. The van der Waals surface area contributed by atoms with Gasteiger partial charge < -0.3 is 4.90 Å². The van der Waals surface area contributed by atoms with Gasteiger partial charge in [-0.1, -0.05) is 30.3 Å². The number of halogens is 1. The summed E-state index contributed by atoms with van der Waals surface area (Å²) >= 11 is 5.75. The fraction of sp³-hybridized carbons (Fsp3) is 0.533. The Kier molecular flexibility index (Phi) is 5.06. The van der Waals surface area contributed by atoms with Gasteiger partial charge in [0.25, 0.3) is 0 Å². The third-order valence-corrected chi connectivity index (χ3v) is 3.84. The molecule has 2 rings (SSSR count). The number of hydrogen-bond donors (Lipinski definition) is 0. The Morgan fingerprint density at radius 1 is 1.33 bits per heavy atom. The standard InChI is InChI=1S/C15H20ClNO/c16-10-8-14-9-11-17(12-14)15(18)7-6-13-4-2-1-3-5-13/h1-5,14H,6-12H2. The number of hydrogen-bond acceptors (Lipinski definition) is 1. The molecule has 98 valence electrons. The SMILES string of the molecule is O=C(CCc1ccccc1)N1CCC(CCCl)C1. The van der Waals surface area contributed by atoms with Crippen molar-refractivity contribution in [3.8, 4) is 0 Å². The number of aryl methyl sites for hydroxylation is 1. The number of rotatable bonds is 5. The van der Waals surface area contributed by atoms with E-state index in [0.717, 1.165) is 32.4 Å². The molecule has 0 saturated carbocycles. The molecule has 1 fully saturated rings. The van der Waals surface area contributed by atoms with Gasteiger partial charge >= 0.3 is 0 Å². The lowest BCUT2D eigenvalue weighted by Crippen LogP contribution is -2.28. The Labute approximate surface area is 114 Å². The van der Waals surface area contributed by atoms with Gasteiger partial charge in [0.15, 0.2) is 0 Å². The molecule has 1 aromatic carbocycles. The Morgan fingerprint density at radius 3 is 2.83 bits per heavy atom. The summed E-state index contributed by atoms with van der Waals surface area (Å²) in [6.07, 6.45) is 3.61. The summed E-state index contributed by atoms with van der Waals surface area (Å²) in [7, 11) is 0. The van der Waals surface area contributed by atoms with Gasteiger partial charge in [0, 0.05) is 25.4 Å². The van der Waals surface area contributed by atoms with Crippen LogP contribution in [-0.2, 0) is 11.2 Å². The van der Waals surface area contributed by atoms with Gasteiger partial charge in [-0.3, -0.25) is 4.79 Å². The minimum Gasteiger partial charge on any atom is -0.342 e. The molecule has 1 unspecified atom stereocenters. The van der Waals surface area contributed by atoms with Crippen LogP contribution in [-0.4, -0.2) is 29.8 Å². The summed E-state index contributed by atoms with van der Waals surface area (Å²) in [6.45, 7) is 1.82. The highest BCUT2D eigenvalue weighted by Crippen LogP contribution is 2.21. The van der Waals surface area contributed by atoms with Crippen LogP contribution in [0.15, 0.2) is 30.3 Å². The highest BCUT2D eigenvalue weighted by molar-refractivity contribution is 6.17. The van der Waals surface area contributed by atoms with Gasteiger partial charge in [0.1, 0.15) is 0 Å². The van der Waals surface area contributed by atoms with Crippen LogP contribution in [0.25, 0.3) is 0 Å². The maximum absolute atomic E-state index is 12.1. The van der Waals surface area contributed by atoms with Crippen molar-refractivity contribution in [3.05, 3.63) is 35.9 Å². The van der Waals surface area contributed by atoms with Crippen molar-refractivity contribution in [3.63, 3.8) is 0 Å². The van der Waals surface area contributed by atoms with Crippen molar-refractivity contribution in [1.82, 2.24) is 4.90 Å². The number of alkyl halides is 1. The number of carbonyl (C=O) groups is 1. The van der Waals surface area contributed by atoms with Crippen molar-refractivity contribution < 1.29 is 4.79 Å². The van der Waals surface area contributed by atoms with Crippen LogP contribution in [0.1, 0.15) is 24.8 Å². The maximum Gasteiger partial charge on any atom is 0.222 e. The van der Waals surface area contributed by atoms with E-state index in [2.05, 4.69) is 12.1 Å². The molecule has 0 spiro atoms. The van der Waals surface area contributed by atoms with Crippen LogP contribution in [0.5, 0.6) is 0 Å². The lowest BCUT2D eigenvalue weighted by atomic mass is 10.1. The van der Waals surface area contributed by atoms with E-state index in [1.54, 1.807) is 0 Å². The molecule has 0 aromatic heterocycles. The molecule has 1 amide bonds. The van der Waals surface area contributed by atoms with E-state index in [4.69, 9.17) is 11.6 Å². The summed E-state index contributed by atoms with van der Waals surface area (Å²) in [5.74, 6) is 1.61. The zero-order valence-corrected chi connectivity index (χ0v) is 11.4. The Balaban J connectivity index is 1.76. The smallest absolute Gasteiger partial charge is 0.222 e. The van der Waals surface area contributed by atoms with Gasteiger partial charge in [-0.05, 0) is 30.7 Å². The summed E-state index contributed by atoms with van der Waals surface area (Å²) in [4.78, 5) is 14.1. The Bertz CT molecular complexity index is 379. The zero-order chi connectivity index (χ0) is 12.8. The predicted octanol–water partition coefficient (Wildman–Crippen LogP) is 3.10. The topological polar surface area (TPSA) is 20.3 Å². The number of nitrogens with zero attached hydrogens (tertiary/aromatic N) is 1. The molecule has 3 heteroatoms. The molecular weight excluding hydrogens is 246 g/mol. The summed E-state index contributed by atoms with van der Waals surface area (Å²) in [6, 6.07) is 10.2. The monoisotopic (exact) mass is 265 g/mol. The van der Waals surface area contributed by atoms with Crippen LogP contribution >= 0.6 is 11.6 Å². The van der Waals surface area contributed by atoms with E-state index in [9.17, 15) is 4.79 Å². The lowest BCUT2D eigenvalue weighted by molar-refractivity contribution is -0.130. The predicted molar refractivity (Wildman–Crippen MR) is 74.8 cm³/mol. The number of benzene rings is 1. The van der Waals surface area contributed by atoms with Crippen molar-refractivity contribution >= 4 is 17.5 Å². The van der Waals surface area contributed by atoms with Crippen LogP contribution in [0, 0.1) is 5.92 Å². The molecule has 1 saturated heterocycles. The van der Waals surface area contributed by atoms with Crippen molar-refractivity contribution in [1.29, 1.82) is 0 Å². The van der Waals surface area contributed by atoms with Crippen LogP contribution < -0.4 is 0 Å². The van der Waals surface area contributed by atoms with Gasteiger partial charge in [-0.25, -0.2) is 0 Å². The van der Waals surface area contributed by atoms with E-state index in [1.165, 1.54) is 5.56 Å². The minimum atomic E-state index is 0.288. The largest absolute Gasteiger partial charge is 0.342 e. The van der Waals surface area contributed by atoms with Gasteiger partial charge in [-0.15, -0.1) is 11.6 Å². The molecule has 1 aromatic rings. The summed E-state index contributed by atoms with van der Waals surface area (Å²) in [5, 5.41) is 0. The molecule has 0 bridgehead atoms. The second-order valence-electron chi connectivity index (χ2n) is 4.96. The first-order chi connectivity index (χ1) is 8.79. The zero-order valence-electron chi connectivity index (χ0n) is 10.6. The Hall–Kier alpha value is -1.02. The van der Waals surface area contributed by atoms with Crippen LogP contribution in [0.4, 0.5) is 0 Å². The first kappa shape index (κ1) is 13.4. The maximum atomic E-state index is 12.1. The van der Waals surface area contributed by atoms with Crippen LogP contribution in [0.3, 0.4) is 0 Å². The molecule has 18 heavy (non-hydrogen) atoms. The number of carbonyl (C=O) groups excluding carboxylic acids is 1. The average Bonchev–Trinajstić information content (AvgIpc) is 2.86. The van der Waals surface area contributed by atoms with E-state index in [-0.39, 0.29) is 5.91 Å². The quantitative estimate of drug-likeness (QED) is 0.749. The van der Waals surface area contributed by atoms with Crippen molar-refractivity contribution in [2.45, 2.75) is 25.7 Å². The molecular formula is C15H20ClNO. The Morgan fingerprint density at radius 2 is 2.11 bits per heavy atom. The van der Waals surface area contributed by atoms with Gasteiger partial charge in [-0.2, -0.15) is 0 Å². The van der Waals surface area contributed by atoms with E-state index < -0.39 is 0 Å².